The number of aryl methyl sites for hydroxylation is 1. The van der Waals surface area contributed by atoms with Crippen LogP contribution >= 0.6 is 34.5 Å². The average molecular weight is 343 g/mol. The first-order chi connectivity index (χ1) is 10.0. The molecule has 0 aliphatic carbocycles. The zero-order valence-electron chi connectivity index (χ0n) is 11.1. The molecule has 0 radical (unpaired) electrons. The lowest BCUT2D eigenvalue weighted by Crippen LogP contribution is -2.17. The van der Waals surface area contributed by atoms with Gasteiger partial charge in [0.1, 0.15) is 4.88 Å². The largest absolute Gasteiger partial charge is 0.375 e. The molecule has 1 heterocycles. The maximum absolute atomic E-state index is 12.0. The molecule has 0 unspecified atom stereocenters. The maximum Gasteiger partial charge on any atom is 0.283 e. The second-order valence-electron chi connectivity index (χ2n) is 4.02. The summed E-state index contributed by atoms with van der Waals surface area (Å²) in [5, 5.41) is 5.04. The summed E-state index contributed by atoms with van der Waals surface area (Å²) < 4.78 is 0. The molecule has 21 heavy (non-hydrogen) atoms. The predicted molar refractivity (Wildman–Crippen MR) is 87.4 cm³/mol. The number of hydrogen-bond donors (Lipinski definition) is 2. The van der Waals surface area contributed by atoms with Crippen molar-refractivity contribution < 1.29 is 4.79 Å². The standard InChI is InChI=1S/C13H12Cl2N4OS/c1-2-9-11(21-13(16)18-9)12(20)19-17-6-7-4-3-5-8(14)10(7)15/h3-6H,2H2,1H3,(H2,16,18)(H,19,20)/b17-6-. The van der Waals surface area contributed by atoms with Crippen LogP contribution in [0, 0.1) is 0 Å². The van der Waals surface area contributed by atoms with Gasteiger partial charge in [-0.05, 0) is 12.5 Å². The fourth-order valence-electron chi connectivity index (χ4n) is 1.62. The van der Waals surface area contributed by atoms with E-state index in [1.807, 2.05) is 6.92 Å². The summed E-state index contributed by atoms with van der Waals surface area (Å²) in [5.74, 6) is -0.351. The van der Waals surface area contributed by atoms with Gasteiger partial charge in [-0.2, -0.15) is 5.10 Å². The van der Waals surface area contributed by atoms with Crippen molar-refractivity contribution >= 4 is 51.8 Å². The minimum Gasteiger partial charge on any atom is -0.375 e. The van der Waals surface area contributed by atoms with Gasteiger partial charge in [0.15, 0.2) is 5.13 Å². The summed E-state index contributed by atoms with van der Waals surface area (Å²) in [6.45, 7) is 1.90. The van der Waals surface area contributed by atoms with Crippen LogP contribution in [0.3, 0.4) is 0 Å². The number of nitrogens with one attached hydrogen (secondary N) is 1. The maximum atomic E-state index is 12.0. The van der Waals surface area contributed by atoms with E-state index >= 15 is 0 Å². The summed E-state index contributed by atoms with van der Waals surface area (Å²) in [6.07, 6.45) is 2.06. The molecule has 0 saturated heterocycles. The van der Waals surface area contributed by atoms with Crippen molar-refractivity contribution in [3.63, 3.8) is 0 Å². The van der Waals surface area contributed by atoms with Crippen molar-refractivity contribution in [1.29, 1.82) is 0 Å². The van der Waals surface area contributed by atoms with E-state index < -0.39 is 0 Å². The number of carbonyl (C=O) groups is 1. The first-order valence-electron chi connectivity index (χ1n) is 6.05. The van der Waals surface area contributed by atoms with Crippen molar-refractivity contribution in [2.75, 3.05) is 5.73 Å². The van der Waals surface area contributed by atoms with Crippen molar-refractivity contribution in [2.24, 2.45) is 5.10 Å². The SMILES string of the molecule is CCc1nc(N)sc1C(=O)N/N=C\c1cccc(Cl)c1Cl. The number of anilines is 1. The van der Waals surface area contributed by atoms with Crippen LogP contribution in [0.15, 0.2) is 23.3 Å². The average Bonchev–Trinajstić information content (AvgIpc) is 2.84. The number of hydrazone groups is 1. The topological polar surface area (TPSA) is 80.4 Å². The molecule has 0 saturated carbocycles. The Morgan fingerprint density at radius 1 is 1.52 bits per heavy atom. The van der Waals surface area contributed by atoms with Gasteiger partial charge < -0.3 is 5.73 Å². The van der Waals surface area contributed by atoms with E-state index in [0.717, 1.165) is 11.3 Å². The number of aromatic nitrogens is 1. The lowest BCUT2D eigenvalue weighted by Gasteiger charge is -2.00. The highest BCUT2D eigenvalue weighted by atomic mass is 35.5. The number of halogens is 2. The Hall–Kier alpha value is -1.63. The molecule has 8 heteroatoms. The first-order valence-corrected chi connectivity index (χ1v) is 7.62. The van der Waals surface area contributed by atoms with E-state index in [2.05, 4.69) is 15.5 Å². The molecule has 0 bridgehead atoms. The van der Waals surface area contributed by atoms with E-state index in [1.54, 1.807) is 18.2 Å². The fraction of sp³-hybridized carbons (Fsp3) is 0.154. The van der Waals surface area contributed by atoms with Crippen LogP contribution in [0.1, 0.15) is 27.9 Å². The molecule has 0 aliphatic heterocycles. The molecule has 2 aromatic rings. The van der Waals surface area contributed by atoms with Gasteiger partial charge in [-0.25, -0.2) is 10.4 Å². The van der Waals surface area contributed by atoms with Crippen molar-refractivity contribution in [3.05, 3.63) is 44.4 Å². The van der Waals surface area contributed by atoms with Crippen LogP contribution in [0.4, 0.5) is 5.13 Å². The zero-order valence-corrected chi connectivity index (χ0v) is 13.4. The lowest BCUT2D eigenvalue weighted by atomic mass is 10.2. The van der Waals surface area contributed by atoms with Crippen LogP contribution in [-0.2, 0) is 6.42 Å². The third kappa shape index (κ3) is 3.72. The van der Waals surface area contributed by atoms with Gasteiger partial charge in [-0.15, -0.1) is 0 Å². The van der Waals surface area contributed by atoms with E-state index in [0.29, 0.717) is 37.7 Å². The summed E-state index contributed by atoms with van der Waals surface area (Å²) in [4.78, 5) is 16.6. The van der Waals surface area contributed by atoms with E-state index in [4.69, 9.17) is 28.9 Å². The molecule has 110 valence electrons. The predicted octanol–water partition coefficient (Wildman–Crippen LogP) is 3.36. The Kier molecular flexibility index (Phi) is 5.17. The molecule has 1 aromatic heterocycles. The van der Waals surface area contributed by atoms with Crippen molar-refractivity contribution in [1.82, 2.24) is 10.4 Å². The van der Waals surface area contributed by atoms with Gasteiger partial charge in [-0.3, -0.25) is 4.79 Å². The molecule has 2 rings (SSSR count). The Bertz CT molecular complexity index is 699. The second-order valence-corrected chi connectivity index (χ2v) is 5.84. The van der Waals surface area contributed by atoms with E-state index in [1.165, 1.54) is 6.21 Å². The van der Waals surface area contributed by atoms with Crippen LogP contribution in [0.2, 0.25) is 10.0 Å². The van der Waals surface area contributed by atoms with Gasteiger partial charge >= 0.3 is 0 Å². The third-order valence-electron chi connectivity index (χ3n) is 2.61. The second kappa shape index (κ2) is 6.89. The number of benzene rings is 1. The molecular formula is C13H12Cl2N4OS. The molecule has 1 amide bonds. The highest BCUT2D eigenvalue weighted by Gasteiger charge is 2.15. The monoisotopic (exact) mass is 342 g/mol. The van der Waals surface area contributed by atoms with Crippen LogP contribution < -0.4 is 11.2 Å². The molecule has 0 fully saturated rings. The van der Waals surface area contributed by atoms with E-state index in [-0.39, 0.29) is 5.91 Å². The Morgan fingerprint density at radius 2 is 2.29 bits per heavy atom. The molecule has 3 N–H and O–H groups in total. The Balaban J connectivity index is 2.10. The summed E-state index contributed by atoms with van der Waals surface area (Å²) in [7, 11) is 0. The number of nitrogens with two attached hydrogens (primary N) is 1. The molecule has 1 aromatic carbocycles. The Labute approximate surface area is 135 Å². The van der Waals surface area contributed by atoms with Crippen LogP contribution in [-0.4, -0.2) is 17.1 Å². The number of amides is 1. The third-order valence-corrected chi connectivity index (χ3v) is 4.37. The van der Waals surface area contributed by atoms with Gasteiger partial charge in [-0.1, -0.05) is 53.6 Å². The summed E-state index contributed by atoms with van der Waals surface area (Å²) in [5.41, 5.74) is 9.30. The van der Waals surface area contributed by atoms with Crippen LogP contribution in [0.5, 0.6) is 0 Å². The number of rotatable bonds is 4. The van der Waals surface area contributed by atoms with Gasteiger partial charge in [0.2, 0.25) is 0 Å². The van der Waals surface area contributed by atoms with Crippen molar-refractivity contribution in [2.45, 2.75) is 13.3 Å². The zero-order chi connectivity index (χ0) is 15.4. The highest BCUT2D eigenvalue weighted by molar-refractivity contribution is 7.17. The van der Waals surface area contributed by atoms with Gasteiger partial charge in [0, 0.05) is 5.56 Å². The number of nitrogens with zero attached hydrogens (tertiary/aromatic N) is 2. The molecule has 0 spiro atoms. The van der Waals surface area contributed by atoms with E-state index in [9.17, 15) is 4.79 Å². The number of nitrogen functional groups attached to an aromatic ring is 1. The minimum atomic E-state index is -0.351. The molecule has 5 nitrogen and oxygen atoms in total. The summed E-state index contributed by atoms with van der Waals surface area (Å²) in [6, 6.07) is 5.16. The number of carbonyl (C=O) groups excluding carboxylic acids is 1. The summed E-state index contributed by atoms with van der Waals surface area (Å²) >= 11 is 13.0. The number of hydrogen-bond acceptors (Lipinski definition) is 5. The normalized spacial score (nSPS) is 11.0. The number of thiazole rings is 1. The van der Waals surface area contributed by atoms with Gasteiger partial charge in [0.25, 0.3) is 5.91 Å². The highest BCUT2D eigenvalue weighted by Crippen LogP contribution is 2.24. The fourth-order valence-corrected chi connectivity index (χ4v) is 2.79. The Morgan fingerprint density at radius 3 is 3.00 bits per heavy atom. The smallest absolute Gasteiger partial charge is 0.283 e. The first kappa shape index (κ1) is 15.8. The molecular weight excluding hydrogens is 331 g/mol. The minimum absolute atomic E-state index is 0.351. The molecule has 0 aliphatic rings. The van der Waals surface area contributed by atoms with Crippen LogP contribution in [0.25, 0.3) is 0 Å². The lowest BCUT2D eigenvalue weighted by molar-refractivity contribution is 0.0958. The van der Waals surface area contributed by atoms with Gasteiger partial charge in [0.05, 0.1) is 22.0 Å². The molecule has 0 atom stereocenters. The van der Waals surface area contributed by atoms with Crippen molar-refractivity contribution in [3.8, 4) is 0 Å². The quantitative estimate of drug-likeness (QED) is 0.660.